The van der Waals surface area contributed by atoms with Gasteiger partial charge >= 0.3 is 0 Å². The molecule has 1 aliphatic heterocycles. The summed E-state index contributed by atoms with van der Waals surface area (Å²) in [5, 5.41) is 2.76. The van der Waals surface area contributed by atoms with Crippen molar-refractivity contribution in [2.75, 3.05) is 23.3 Å². The number of hydrogen-bond acceptors (Lipinski definition) is 2. The van der Waals surface area contributed by atoms with E-state index in [1.165, 1.54) is 25.0 Å². The molecule has 1 heterocycles. The monoisotopic (exact) mass is 298 g/mol. The van der Waals surface area contributed by atoms with E-state index in [1.54, 1.807) is 6.07 Å². The van der Waals surface area contributed by atoms with Crippen LogP contribution in [0.5, 0.6) is 0 Å². The van der Waals surface area contributed by atoms with Gasteiger partial charge in [0.15, 0.2) is 0 Å². The van der Waals surface area contributed by atoms with Gasteiger partial charge < -0.3 is 10.2 Å². The number of rotatable bonds is 3. The highest BCUT2D eigenvalue weighted by Gasteiger charge is 2.13. The molecule has 0 saturated carbocycles. The highest BCUT2D eigenvalue weighted by molar-refractivity contribution is 6.04. The maximum atomic E-state index is 13.3. The SMILES string of the molecule is Cc1ccc(F)cc1NC(=O)c1ccc(N2CCCC2)cc1. The van der Waals surface area contributed by atoms with E-state index in [1.807, 2.05) is 31.2 Å². The Balaban J connectivity index is 1.73. The molecule has 1 N–H and O–H groups in total. The predicted molar refractivity (Wildman–Crippen MR) is 87.0 cm³/mol. The third-order valence-corrected chi connectivity index (χ3v) is 4.05. The summed E-state index contributed by atoms with van der Waals surface area (Å²) in [6.07, 6.45) is 2.45. The van der Waals surface area contributed by atoms with E-state index >= 15 is 0 Å². The van der Waals surface area contributed by atoms with Crippen molar-refractivity contribution >= 4 is 17.3 Å². The number of anilines is 2. The minimum Gasteiger partial charge on any atom is -0.372 e. The number of benzene rings is 2. The third-order valence-electron chi connectivity index (χ3n) is 4.05. The summed E-state index contributed by atoms with van der Waals surface area (Å²) in [6.45, 7) is 3.99. The number of nitrogens with zero attached hydrogens (tertiary/aromatic N) is 1. The smallest absolute Gasteiger partial charge is 0.255 e. The van der Waals surface area contributed by atoms with Crippen molar-refractivity contribution in [1.82, 2.24) is 0 Å². The molecule has 1 saturated heterocycles. The van der Waals surface area contributed by atoms with Gasteiger partial charge in [-0.05, 0) is 61.7 Å². The first-order valence-corrected chi connectivity index (χ1v) is 7.56. The maximum Gasteiger partial charge on any atom is 0.255 e. The molecule has 1 fully saturated rings. The first kappa shape index (κ1) is 14.6. The second-order valence-corrected chi connectivity index (χ2v) is 5.65. The highest BCUT2D eigenvalue weighted by Crippen LogP contribution is 2.21. The Morgan fingerprint density at radius 2 is 1.77 bits per heavy atom. The van der Waals surface area contributed by atoms with Crippen LogP contribution in [0.1, 0.15) is 28.8 Å². The molecule has 0 spiro atoms. The molecule has 114 valence electrons. The molecule has 0 unspecified atom stereocenters. The average molecular weight is 298 g/mol. The van der Waals surface area contributed by atoms with E-state index in [4.69, 9.17) is 0 Å². The summed E-state index contributed by atoms with van der Waals surface area (Å²) in [7, 11) is 0. The number of carbonyl (C=O) groups is 1. The molecule has 0 bridgehead atoms. The lowest BCUT2D eigenvalue weighted by Crippen LogP contribution is -2.18. The summed E-state index contributed by atoms with van der Waals surface area (Å²) >= 11 is 0. The Morgan fingerprint density at radius 1 is 1.09 bits per heavy atom. The highest BCUT2D eigenvalue weighted by atomic mass is 19.1. The van der Waals surface area contributed by atoms with E-state index in [9.17, 15) is 9.18 Å². The van der Waals surface area contributed by atoms with Crippen molar-refractivity contribution in [3.8, 4) is 0 Å². The maximum absolute atomic E-state index is 13.3. The standard InChI is InChI=1S/C18H19FN2O/c1-13-4-7-15(19)12-17(13)20-18(22)14-5-8-16(9-6-14)21-10-2-3-11-21/h4-9,12H,2-3,10-11H2,1H3,(H,20,22). The Kier molecular flexibility index (Phi) is 4.09. The Bertz CT molecular complexity index is 676. The molecule has 0 aromatic heterocycles. The molecular formula is C18H19FN2O. The van der Waals surface area contributed by atoms with E-state index in [0.717, 1.165) is 24.3 Å². The van der Waals surface area contributed by atoms with Crippen molar-refractivity contribution in [1.29, 1.82) is 0 Å². The quantitative estimate of drug-likeness (QED) is 0.929. The van der Waals surface area contributed by atoms with Gasteiger partial charge in [0.2, 0.25) is 0 Å². The number of nitrogens with one attached hydrogen (secondary N) is 1. The van der Waals surface area contributed by atoms with Crippen LogP contribution in [-0.2, 0) is 0 Å². The summed E-state index contributed by atoms with van der Waals surface area (Å²) in [5.74, 6) is -0.577. The van der Waals surface area contributed by atoms with Crippen LogP contribution in [-0.4, -0.2) is 19.0 Å². The summed E-state index contributed by atoms with van der Waals surface area (Å²) in [4.78, 5) is 14.6. The van der Waals surface area contributed by atoms with Crippen molar-refractivity contribution in [3.05, 3.63) is 59.4 Å². The molecule has 0 radical (unpaired) electrons. The molecule has 1 amide bonds. The average Bonchev–Trinajstić information content (AvgIpc) is 3.05. The van der Waals surface area contributed by atoms with E-state index in [0.29, 0.717) is 11.3 Å². The summed E-state index contributed by atoms with van der Waals surface area (Å²) in [6, 6.07) is 12.0. The van der Waals surface area contributed by atoms with Gasteiger partial charge in [0.05, 0.1) is 0 Å². The lowest BCUT2D eigenvalue weighted by atomic mass is 10.1. The first-order chi connectivity index (χ1) is 10.6. The minimum atomic E-state index is -0.356. The van der Waals surface area contributed by atoms with E-state index < -0.39 is 0 Å². The van der Waals surface area contributed by atoms with Crippen LogP contribution in [0, 0.1) is 12.7 Å². The van der Waals surface area contributed by atoms with Gasteiger partial charge in [0.1, 0.15) is 5.82 Å². The summed E-state index contributed by atoms with van der Waals surface area (Å²) < 4.78 is 13.3. The van der Waals surface area contributed by atoms with Crippen LogP contribution in [0.15, 0.2) is 42.5 Å². The molecular weight excluding hydrogens is 279 g/mol. The normalized spacial score (nSPS) is 14.2. The second-order valence-electron chi connectivity index (χ2n) is 5.65. The predicted octanol–water partition coefficient (Wildman–Crippen LogP) is 3.99. The Morgan fingerprint density at radius 3 is 2.45 bits per heavy atom. The zero-order valence-corrected chi connectivity index (χ0v) is 12.6. The van der Waals surface area contributed by atoms with Gasteiger partial charge in [-0.25, -0.2) is 4.39 Å². The lowest BCUT2D eigenvalue weighted by molar-refractivity contribution is 0.102. The molecule has 2 aromatic rings. The molecule has 22 heavy (non-hydrogen) atoms. The van der Waals surface area contributed by atoms with Crippen LogP contribution in [0.3, 0.4) is 0 Å². The van der Waals surface area contributed by atoms with Crippen LogP contribution in [0.2, 0.25) is 0 Å². The first-order valence-electron chi connectivity index (χ1n) is 7.56. The fourth-order valence-corrected chi connectivity index (χ4v) is 2.72. The lowest BCUT2D eigenvalue weighted by Gasteiger charge is -2.17. The number of carbonyl (C=O) groups excluding carboxylic acids is 1. The minimum absolute atomic E-state index is 0.221. The zero-order valence-electron chi connectivity index (χ0n) is 12.6. The largest absolute Gasteiger partial charge is 0.372 e. The van der Waals surface area contributed by atoms with Gasteiger partial charge in [-0.2, -0.15) is 0 Å². The number of halogens is 1. The van der Waals surface area contributed by atoms with Crippen molar-refractivity contribution < 1.29 is 9.18 Å². The summed E-state index contributed by atoms with van der Waals surface area (Å²) in [5.41, 5.74) is 3.07. The molecule has 4 heteroatoms. The van der Waals surface area contributed by atoms with Crippen LogP contribution >= 0.6 is 0 Å². The van der Waals surface area contributed by atoms with Crippen LogP contribution < -0.4 is 10.2 Å². The Labute approximate surface area is 129 Å². The number of hydrogen-bond donors (Lipinski definition) is 1. The molecule has 1 aliphatic rings. The van der Waals surface area contributed by atoms with Gasteiger partial charge in [-0.1, -0.05) is 6.07 Å². The van der Waals surface area contributed by atoms with Crippen molar-refractivity contribution in [2.45, 2.75) is 19.8 Å². The molecule has 2 aromatic carbocycles. The van der Waals surface area contributed by atoms with Gasteiger partial charge in [0.25, 0.3) is 5.91 Å². The Hall–Kier alpha value is -2.36. The fraction of sp³-hybridized carbons (Fsp3) is 0.278. The van der Waals surface area contributed by atoms with Gasteiger partial charge in [-0.3, -0.25) is 4.79 Å². The second kappa shape index (κ2) is 6.18. The molecule has 0 aliphatic carbocycles. The van der Waals surface area contributed by atoms with E-state index in [-0.39, 0.29) is 11.7 Å². The van der Waals surface area contributed by atoms with E-state index in [2.05, 4.69) is 10.2 Å². The third kappa shape index (κ3) is 3.11. The number of amides is 1. The molecule has 0 atom stereocenters. The van der Waals surface area contributed by atoms with Crippen LogP contribution in [0.25, 0.3) is 0 Å². The van der Waals surface area contributed by atoms with Gasteiger partial charge in [0, 0.05) is 30.0 Å². The van der Waals surface area contributed by atoms with Crippen molar-refractivity contribution in [3.63, 3.8) is 0 Å². The number of aryl methyl sites for hydroxylation is 1. The molecule has 3 rings (SSSR count). The van der Waals surface area contributed by atoms with Gasteiger partial charge in [-0.15, -0.1) is 0 Å². The zero-order chi connectivity index (χ0) is 15.5. The fourth-order valence-electron chi connectivity index (χ4n) is 2.72. The topological polar surface area (TPSA) is 32.3 Å². The van der Waals surface area contributed by atoms with Crippen molar-refractivity contribution in [2.24, 2.45) is 0 Å². The van der Waals surface area contributed by atoms with Crippen LogP contribution in [0.4, 0.5) is 15.8 Å². The molecule has 3 nitrogen and oxygen atoms in total.